The lowest BCUT2D eigenvalue weighted by atomic mass is 9.74. The highest BCUT2D eigenvalue weighted by molar-refractivity contribution is 7.25. The molecule has 0 saturated carbocycles. The van der Waals surface area contributed by atoms with Crippen LogP contribution in [0.2, 0.25) is 0 Å². The molecule has 1 aliphatic heterocycles. The number of furan rings is 1. The fourth-order valence-electron chi connectivity index (χ4n) is 9.74. The lowest BCUT2D eigenvalue weighted by Crippen LogP contribution is -2.22. The van der Waals surface area contributed by atoms with Gasteiger partial charge >= 0.3 is 0 Å². The molecule has 10 aromatic rings. The summed E-state index contributed by atoms with van der Waals surface area (Å²) in [4.78, 5) is 5.54. The maximum atomic E-state index is 6.67. The van der Waals surface area contributed by atoms with E-state index < -0.39 is 0 Å². The summed E-state index contributed by atoms with van der Waals surface area (Å²) in [6, 6.07) is 61.4. The average molecular weight is 746 g/mol. The number of benzene rings is 8. The van der Waals surface area contributed by atoms with Crippen LogP contribution in [0.5, 0.6) is 0 Å². The third kappa shape index (κ3) is 4.67. The van der Waals surface area contributed by atoms with Gasteiger partial charge in [0.25, 0.3) is 0 Å². The van der Waals surface area contributed by atoms with Gasteiger partial charge in [-0.2, -0.15) is 0 Å². The number of hydrogen-bond acceptors (Lipinski definition) is 3. The lowest BCUT2D eigenvalue weighted by molar-refractivity contribution is 0.672. The number of nitrogens with zero attached hydrogens (tertiary/aromatic N) is 1. The Morgan fingerprint density at radius 1 is 0.596 bits per heavy atom. The number of rotatable bonds is 4. The predicted molar refractivity (Wildman–Crippen MR) is 241 cm³/mol. The zero-order valence-corrected chi connectivity index (χ0v) is 32.1. The van der Waals surface area contributed by atoms with E-state index in [-0.39, 0.29) is 11.5 Å². The van der Waals surface area contributed by atoms with Crippen molar-refractivity contribution in [3.63, 3.8) is 0 Å². The fourth-order valence-corrected chi connectivity index (χ4v) is 10.9. The number of hydrogen-bond donors (Lipinski definition) is 0. The maximum Gasteiger partial charge on any atom is 0.143 e. The molecule has 0 amide bonds. The Labute approximate surface area is 334 Å². The summed E-state index contributed by atoms with van der Waals surface area (Å²) in [6.07, 6.45) is 2.25. The van der Waals surface area contributed by atoms with Crippen LogP contribution in [-0.2, 0) is 5.41 Å². The molecule has 0 radical (unpaired) electrons. The van der Waals surface area contributed by atoms with Gasteiger partial charge in [0.1, 0.15) is 17.2 Å². The van der Waals surface area contributed by atoms with Crippen LogP contribution in [0.1, 0.15) is 46.3 Å². The molecule has 12 rings (SSSR count). The van der Waals surface area contributed by atoms with Gasteiger partial charge in [-0.15, -0.1) is 11.3 Å². The highest BCUT2D eigenvalue weighted by Gasteiger charge is 2.40. The fraction of sp³-hybridized carbons (Fsp3) is 0.0556. The van der Waals surface area contributed by atoms with Crippen molar-refractivity contribution in [3.05, 3.63) is 221 Å². The number of allylic oxidation sites excluding steroid dienone is 1. The highest BCUT2D eigenvalue weighted by Crippen LogP contribution is 2.53. The molecule has 1 atom stereocenters. The molecule has 2 nitrogen and oxygen atoms in total. The van der Waals surface area contributed by atoms with Crippen molar-refractivity contribution in [1.82, 2.24) is 0 Å². The van der Waals surface area contributed by atoms with Crippen molar-refractivity contribution in [2.45, 2.75) is 18.4 Å². The van der Waals surface area contributed by atoms with Crippen molar-refractivity contribution in [1.29, 1.82) is 0 Å². The molecule has 3 heteroatoms. The van der Waals surface area contributed by atoms with E-state index in [1.807, 2.05) is 11.3 Å². The van der Waals surface area contributed by atoms with Gasteiger partial charge in [0.2, 0.25) is 0 Å². The molecule has 268 valence electrons. The number of fused-ring (bicyclic) bond motifs is 11. The molecule has 1 unspecified atom stereocenters. The number of aliphatic imine (C=N–C) groups is 1. The topological polar surface area (TPSA) is 25.5 Å². The molecular formula is C54H35NOS. The van der Waals surface area contributed by atoms with Gasteiger partial charge in [0.15, 0.2) is 0 Å². The lowest BCUT2D eigenvalue weighted by Gasteiger charge is -2.29. The Morgan fingerprint density at radius 3 is 2.07 bits per heavy atom. The van der Waals surface area contributed by atoms with Gasteiger partial charge in [0.05, 0.1) is 5.71 Å². The first-order valence-corrected chi connectivity index (χ1v) is 20.4. The van der Waals surface area contributed by atoms with E-state index in [1.54, 1.807) is 0 Å². The van der Waals surface area contributed by atoms with Crippen molar-refractivity contribution in [2.24, 2.45) is 4.99 Å². The summed E-state index contributed by atoms with van der Waals surface area (Å²) in [5.74, 6) is 0. The summed E-state index contributed by atoms with van der Waals surface area (Å²) in [5, 5.41) is 7.07. The smallest absolute Gasteiger partial charge is 0.143 e. The SMILES string of the molecule is C=C1C(c2cccc3sc4ccccc4c23)=CC(c2ccc3c(c2)oc2c4ccccc4ccc32)=NC1c1ccc(C2(C)c3ccccc3-c3ccccc32)cc1. The van der Waals surface area contributed by atoms with Gasteiger partial charge in [0, 0.05) is 47.3 Å². The molecule has 0 N–H and O–H groups in total. The van der Waals surface area contributed by atoms with E-state index in [0.29, 0.717) is 0 Å². The summed E-state index contributed by atoms with van der Waals surface area (Å²) >= 11 is 1.84. The van der Waals surface area contributed by atoms with Crippen LogP contribution in [0.25, 0.3) is 69.6 Å². The van der Waals surface area contributed by atoms with Crippen LogP contribution >= 0.6 is 11.3 Å². The summed E-state index contributed by atoms with van der Waals surface area (Å²) in [6.45, 7) is 7.19. The predicted octanol–water partition coefficient (Wildman–Crippen LogP) is 14.6. The third-order valence-electron chi connectivity index (χ3n) is 12.6. The molecule has 2 aliphatic rings. The van der Waals surface area contributed by atoms with Crippen LogP contribution in [0.4, 0.5) is 0 Å². The van der Waals surface area contributed by atoms with E-state index in [0.717, 1.165) is 55.3 Å². The Balaban J connectivity index is 1.02. The zero-order valence-electron chi connectivity index (χ0n) is 31.3. The monoisotopic (exact) mass is 745 g/mol. The minimum atomic E-state index is -0.277. The van der Waals surface area contributed by atoms with Gasteiger partial charge in [-0.25, -0.2) is 0 Å². The Bertz CT molecular complexity index is 3350. The van der Waals surface area contributed by atoms with Crippen LogP contribution in [-0.4, -0.2) is 5.71 Å². The second-order valence-corrected chi connectivity index (χ2v) is 16.7. The quantitative estimate of drug-likeness (QED) is 0.176. The Kier molecular flexibility index (Phi) is 6.88. The molecule has 0 saturated heterocycles. The summed E-state index contributed by atoms with van der Waals surface area (Å²) in [7, 11) is 0. The van der Waals surface area contributed by atoms with Gasteiger partial charge in [-0.3, -0.25) is 4.99 Å². The largest absolute Gasteiger partial charge is 0.455 e. The van der Waals surface area contributed by atoms with Crippen molar-refractivity contribution < 1.29 is 4.42 Å². The van der Waals surface area contributed by atoms with Crippen LogP contribution in [0.3, 0.4) is 0 Å². The van der Waals surface area contributed by atoms with Gasteiger partial charge in [-0.05, 0) is 98.8 Å². The zero-order chi connectivity index (χ0) is 37.8. The molecule has 2 aromatic heterocycles. The van der Waals surface area contributed by atoms with E-state index in [9.17, 15) is 0 Å². The third-order valence-corrected chi connectivity index (χ3v) is 13.7. The first-order valence-electron chi connectivity index (χ1n) is 19.6. The molecule has 3 heterocycles. The first kappa shape index (κ1) is 32.4. The molecule has 1 aliphatic carbocycles. The molecule has 0 spiro atoms. The molecular weight excluding hydrogens is 711 g/mol. The Hall–Kier alpha value is -6.81. The number of thiophene rings is 1. The molecule has 57 heavy (non-hydrogen) atoms. The second-order valence-electron chi connectivity index (χ2n) is 15.6. The van der Waals surface area contributed by atoms with Crippen molar-refractivity contribution in [3.8, 4) is 11.1 Å². The maximum absolute atomic E-state index is 6.67. The van der Waals surface area contributed by atoms with Crippen LogP contribution in [0, 0.1) is 0 Å². The van der Waals surface area contributed by atoms with Crippen molar-refractivity contribution in [2.75, 3.05) is 0 Å². The normalized spacial score (nSPS) is 16.0. The minimum Gasteiger partial charge on any atom is -0.455 e. The first-order chi connectivity index (χ1) is 28.0. The second kappa shape index (κ2) is 12.1. The molecule has 8 aromatic carbocycles. The van der Waals surface area contributed by atoms with E-state index in [4.69, 9.17) is 16.0 Å². The highest BCUT2D eigenvalue weighted by atomic mass is 32.1. The molecule has 0 fully saturated rings. The van der Waals surface area contributed by atoms with Gasteiger partial charge < -0.3 is 4.42 Å². The molecule has 0 bridgehead atoms. The van der Waals surface area contributed by atoms with E-state index in [1.165, 1.54) is 58.9 Å². The van der Waals surface area contributed by atoms with Gasteiger partial charge in [-0.1, -0.05) is 146 Å². The Morgan fingerprint density at radius 2 is 1.26 bits per heavy atom. The van der Waals surface area contributed by atoms with E-state index >= 15 is 0 Å². The summed E-state index contributed by atoms with van der Waals surface area (Å²) < 4.78 is 9.22. The summed E-state index contributed by atoms with van der Waals surface area (Å²) in [5.41, 5.74) is 14.4. The van der Waals surface area contributed by atoms with Crippen LogP contribution < -0.4 is 0 Å². The van der Waals surface area contributed by atoms with Crippen molar-refractivity contribution >= 4 is 75.5 Å². The standard InChI is InChI=1S/C54H35NOS/c1-32-44(41-17-11-21-50-51(41)43-16-7-10-20-49(43)57-50)31-47(35-25-28-40-42-29-24-33-12-3-4-13-37(33)53(42)56-48(40)30-35)55-52(32)34-22-26-36(27-23-34)54(2)45-18-8-5-14-38(45)39-15-6-9-19-46(39)54/h3-31,52H,1H2,2H3. The van der Waals surface area contributed by atoms with Crippen LogP contribution in [0.15, 0.2) is 197 Å². The minimum absolute atomic E-state index is 0.266. The van der Waals surface area contributed by atoms with E-state index in [2.05, 4.69) is 183 Å². The number of dihydropyridines is 1. The average Bonchev–Trinajstić information content (AvgIpc) is 3.92.